The van der Waals surface area contributed by atoms with Gasteiger partial charge in [0.05, 0.1) is 29.5 Å². The lowest BCUT2D eigenvalue weighted by atomic mass is 9.93. The van der Waals surface area contributed by atoms with Crippen LogP contribution in [0.15, 0.2) is 36.4 Å². The molecule has 0 radical (unpaired) electrons. The molecule has 1 aliphatic rings. The van der Waals surface area contributed by atoms with Gasteiger partial charge < -0.3 is 14.8 Å². The van der Waals surface area contributed by atoms with Crippen molar-refractivity contribution >= 4 is 44.0 Å². The molecule has 1 saturated carbocycles. The Bertz CT molecular complexity index is 1280. The second-order valence-electron chi connectivity index (χ2n) is 8.10. The Morgan fingerprint density at radius 1 is 1.12 bits per heavy atom. The fourth-order valence-electron chi connectivity index (χ4n) is 3.88. The Morgan fingerprint density at radius 2 is 1.88 bits per heavy atom. The van der Waals surface area contributed by atoms with Crippen molar-refractivity contribution in [3.05, 3.63) is 47.2 Å². The first-order chi connectivity index (χ1) is 16.3. The van der Waals surface area contributed by atoms with Gasteiger partial charge >= 0.3 is 6.01 Å². The van der Waals surface area contributed by atoms with Gasteiger partial charge in [-0.05, 0) is 69.0 Å². The summed E-state index contributed by atoms with van der Waals surface area (Å²) in [5.41, 5.74) is 1.21. The van der Waals surface area contributed by atoms with Crippen LogP contribution in [-0.4, -0.2) is 43.4 Å². The van der Waals surface area contributed by atoms with Gasteiger partial charge in [-0.2, -0.15) is 9.97 Å². The van der Waals surface area contributed by atoms with Gasteiger partial charge in [0.1, 0.15) is 17.4 Å². The van der Waals surface area contributed by atoms with E-state index in [-0.39, 0.29) is 28.9 Å². The van der Waals surface area contributed by atoms with Gasteiger partial charge in [0.25, 0.3) is 0 Å². The molecule has 0 atom stereocenters. The second-order valence-corrected chi connectivity index (χ2v) is 10.6. The van der Waals surface area contributed by atoms with Gasteiger partial charge in [-0.15, -0.1) is 0 Å². The fraction of sp³-hybridized carbons (Fsp3) is 0.391. The summed E-state index contributed by atoms with van der Waals surface area (Å²) in [5.74, 6) is 0.686. The van der Waals surface area contributed by atoms with Crippen molar-refractivity contribution < 1.29 is 22.3 Å². The largest absolute Gasteiger partial charge is 0.490 e. The van der Waals surface area contributed by atoms with Crippen molar-refractivity contribution in [3.63, 3.8) is 0 Å². The third-order valence-corrected chi connectivity index (χ3v) is 7.46. The molecular weight excluding hydrogens is 483 g/mol. The smallest absolute Gasteiger partial charge is 0.318 e. The highest BCUT2D eigenvalue weighted by Crippen LogP contribution is 2.32. The number of nitrogens with zero attached hydrogens (tertiary/aromatic N) is 2. The number of benzene rings is 2. The molecule has 1 aromatic heterocycles. The first-order valence-corrected chi connectivity index (χ1v) is 13.0. The number of aromatic nitrogens is 2. The summed E-state index contributed by atoms with van der Waals surface area (Å²) < 4.78 is 51.4. The maximum atomic E-state index is 13.6. The van der Waals surface area contributed by atoms with Crippen LogP contribution < -0.4 is 19.5 Å². The minimum atomic E-state index is -3.21. The summed E-state index contributed by atoms with van der Waals surface area (Å²) in [4.78, 5) is 8.79. The van der Waals surface area contributed by atoms with Crippen LogP contribution in [0.4, 0.5) is 15.9 Å². The summed E-state index contributed by atoms with van der Waals surface area (Å²) in [6, 6.07) is 9.93. The maximum absolute atomic E-state index is 13.6. The number of hydrogen-bond donors (Lipinski definition) is 2. The topological polar surface area (TPSA) is 102 Å². The molecule has 2 aromatic carbocycles. The van der Waals surface area contributed by atoms with Crippen LogP contribution in [-0.2, 0) is 10.0 Å². The highest BCUT2D eigenvalue weighted by atomic mass is 35.5. The summed E-state index contributed by atoms with van der Waals surface area (Å²) in [6.07, 6.45) is 2.90. The minimum Gasteiger partial charge on any atom is -0.490 e. The monoisotopic (exact) mass is 508 g/mol. The predicted octanol–water partition coefficient (Wildman–Crippen LogP) is 4.80. The van der Waals surface area contributed by atoms with E-state index in [0.29, 0.717) is 28.2 Å². The number of anilines is 2. The van der Waals surface area contributed by atoms with E-state index in [1.165, 1.54) is 19.2 Å². The van der Waals surface area contributed by atoms with Crippen LogP contribution in [0, 0.1) is 5.82 Å². The average Bonchev–Trinajstić information content (AvgIpc) is 2.82. The van der Waals surface area contributed by atoms with Crippen LogP contribution in [0.3, 0.4) is 0 Å². The Morgan fingerprint density at radius 3 is 2.56 bits per heavy atom. The molecule has 0 unspecified atom stereocenters. The number of ether oxygens (including phenoxy) is 2. The summed E-state index contributed by atoms with van der Waals surface area (Å²) >= 11 is 5.91. The zero-order valence-electron chi connectivity index (χ0n) is 18.8. The van der Waals surface area contributed by atoms with E-state index in [1.807, 2.05) is 18.2 Å². The predicted molar refractivity (Wildman–Crippen MR) is 130 cm³/mol. The highest BCUT2D eigenvalue weighted by molar-refractivity contribution is 7.89. The van der Waals surface area contributed by atoms with E-state index in [0.717, 1.165) is 25.7 Å². The molecule has 0 aliphatic heterocycles. The molecule has 0 amide bonds. The lowest BCUT2D eigenvalue weighted by Gasteiger charge is -2.29. The van der Waals surface area contributed by atoms with Gasteiger partial charge in [0.2, 0.25) is 10.0 Å². The van der Waals surface area contributed by atoms with Crippen LogP contribution in [0.25, 0.3) is 10.9 Å². The lowest BCUT2D eigenvalue weighted by Crippen LogP contribution is -2.40. The van der Waals surface area contributed by atoms with E-state index < -0.39 is 15.8 Å². The van der Waals surface area contributed by atoms with Crippen LogP contribution in [0.2, 0.25) is 5.02 Å². The van der Waals surface area contributed by atoms with Crippen molar-refractivity contribution in [1.29, 1.82) is 0 Å². The van der Waals surface area contributed by atoms with E-state index >= 15 is 0 Å². The summed E-state index contributed by atoms with van der Waals surface area (Å²) in [6.45, 7) is 1.63. The number of methoxy groups -OCH3 is 1. The average molecular weight is 509 g/mol. The van der Waals surface area contributed by atoms with Crippen molar-refractivity contribution in [3.8, 4) is 11.8 Å². The molecule has 1 heterocycles. The first kappa shape index (κ1) is 24.4. The fourth-order valence-corrected chi connectivity index (χ4v) is 4.98. The summed E-state index contributed by atoms with van der Waals surface area (Å²) in [5, 5.41) is 3.84. The minimum absolute atomic E-state index is 0.00354. The van der Waals surface area contributed by atoms with E-state index in [2.05, 4.69) is 20.0 Å². The van der Waals surface area contributed by atoms with Crippen LogP contribution in [0.5, 0.6) is 11.8 Å². The number of rotatable bonds is 8. The molecular formula is C23H26ClFN4O4S. The Balaban J connectivity index is 1.52. The quantitative estimate of drug-likeness (QED) is 0.450. The van der Waals surface area contributed by atoms with Gasteiger partial charge in [-0.1, -0.05) is 11.6 Å². The number of sulfonamides is 1. The molecule has 0 spiro atoms. The van der Waals surface area contributed by atoms with Gasteiger partial charge in [0.15, 0.2) is 0 Å². The molecule has 182 valence electrons. The molecule has 4 rings (SSSR count). The lowest BCUT2D eigenvalue weighted by molar-refractivity contribution is 0.144. The number of hydrogen-bond acceptors (Lipinski definition) is 7. The molecule has 0 saturated heterocycles. The molecule has 11 heteroatoms. The first-order valence-electron chi connectivity index (χ1n) is 11.0. The van der Waals surface area contributed by atoms with E-state index in [1.54, 1.807) is 13.0 Å². The Labute approximate surface area is 202 Å². The molecule has 34 heavy (non-hydrogen) atoms. The molecule has 1 aliphatic carbocycles. The Hall–Kier alpha value is -2.69. The zero-order valence-corrected chi connectivity index (χ0v) is 20.4. The van der Waals surface area contributed by atoms with Crippen molar-refractivity contribution in [1.82, 2.24) is 14.7 Å². The normalized spacial score (nSPS) is 18.6. The second kappa shape index (κ2) is 10.3. The van der Waals surface area contributed by atoms with Gasteiger partial charge in [-0.25, -0.2) is 17.5 Å². The van der Waals surface area contributed by atoms with E-state index in [9.17, 15) is 12.8 Å². The zero-order chi connectivity index (χ0) is 24.3. The summed E-state index contributed by atoms with van der Waals surface area (Å²) in [7, 11) is -1.73. The number of fused-ring (bicyclic) bond motifs is 1. The van der Waals surface area contributed by atoms with Crippen molar-refractivity contribution in [2.24, 2.45) is 0 Å². The van der Waals surface area contributed by atoms with Crippen LogP contribution in [0.1, 0.15) is 32.6 Å². The number of halogens is 2. The standard InChI is InChI=1S/C23H26ClFN4O4S/c1-3-34(30,31)29-14-4-7-16(8-5-14)33-17-9-11-21-18(13-17)22(28-23(27-21)32-2)26-15-6-10-20(25)19(24)12-15/h6,9-14,16,29H,3-5,7-8H2,1-2H3,(H,26,27,28). The molecule has 2 N–H and O–H groups in total. The van der Waals surface area contributed by atoms with Crippen molar-refractivity contribution in [2.45, 2.75) is 44.8 Å². The van der Waals surface area contributed by atoms with Crippen molar-refractivity contribution in [2.75, 3.05) is 18.2 Å². The highest BCUT2D eigenvalue weighted by Gasteiger charge is 2.25. The maximum Gasteiger partial charge on any atom is 0.318 e. The van der Waals surface area contributed by atoms with Crippen LogP contribution >= 0.6 is 11.6 Å². The molecule has 0 bridgehead atoms. The molecule has 1 fully saturated rings. The van der Waals surface area contributed by atoms with Gasteiger partial charge in [-0.3, -0.25) is 0 Å². The Kier molecular flexibility index (Phi) is 7.39. The molecule has 3 aromatic rings. The number of nitrogens with one attached hydrogen (secondary N) is 2. The molecule has 8 nitrogen and oxygen atoms in total. The van der Waals surface area contributed by atoms with E-state index in [4.69, 9.17) is 21.1 Å². The van der Waals surface area contributed by atoms with Gasteiger partial charge in [0, 0.05) is 17.1 Å². The third kappa shape index (κ3) is 5.86. The SMILES string of the molecule is CCS(=O)(=O)NC1CCC(Oc2ccc3nc(OC)nc(Nc4ccc(F)c(Cl)c4)c3c2)CC1. The third-order valence-electron chi connectivity index (χ3n) is 5.71.